The zero-order valence-electron chi connectivity index (χ0n) is 22.8. The van der Waals surface area contributed by atoms with Gasteiger partial charge >= 0.3 is 0 Å². The molecule has 38 heavy (non-hydrogen) atoms. The van der Waals surface area contributed by atoms with Crippen LogP contribution < -0.4 is 14.4 Å². The zero-order valence-corrected chi connectivity index (χ0v) is 25.2. The Bertz CT molecular complexity index is 1270. The summed E-state index contributed by atoms with van der Waals surface area (Å²) in [4.78, 5) is 22.3. The molecule has 0 saturated carbocycles. The van der Waals surface area contributed by atoms with Crippen molar-refractivity contribution in [2.24, 2.45) is 0 Å². The van der Waals surface area contributed by atoms with Gasteiger partial charge in [-0.15, -0.1) is 12.4 Å². The minimum absolute atomic E-state index is 0. The molecule has 0 aliphatic heterocycles. The van der Waals surface area contributed by atoms with Crippen LogP contribution >= 0.6 is 23.7 Å². The second kappa shape index (κ2) is 14.1. The summed E-state index contributed by atoms with van der Waals surface area (Å²) in [5.41, 5.74) is 1.11. The van der Waals surface area contributed by atoms with Crippen LogP contribution in [0.3, 0.4) is 0 Å². The predicted octanol–water partition coefficient (Wildman–Crippen LogP) is 4.75. The van der Waals surface area contributed by atoms with Crippen molar-refractivity contribution in [2.75, 3.05) is 59.9 Å². The van der Waals surface area contributed by atoms with Crippen molar-refractivity contribution in [3.05, 3.63) is 42.0 Å². The highest BCUT2D eigenvalue weighted by molar-refractivity contribution is 7.89. The standard InChI is InChI=1S/C26H36N4O5S2.ClH/c1-7-8-15-29(4)37(32,33)20-12-10-19(11-13-20)25(31)30(16-9-14-28(2)3)26-27-21-17-22(34-5)23(35-6)18-24(21)36-26;/h10-13,17-18H,7-9,14-16H2,1-6H3;1H. The van der Waals surface area contributed by atoms with Crippen molar-refractivity contribution < 1.29 is 22.7 Å². The Morgan fingerprint density at radius 2 is 1.58 bits per heavy atom. The van der Waals surface area contributed by atoms with Crippen LogP contribution in [0, 0.1) is 0 Å². The first-order chi connectivity index (χ1) is 17.6. The summed E-state index contributed by atoms with van der Waals surface area (Å²) in [5, 5.41) is 0.560. The maximum absolute atomic E-state index is 13.6. The van der Waals surface area contributed by atoms with Gasteiger partial charge in [0.2, 0.25) is 10.0 Å². The normalized spacial score (nSPS) is 11.6. The van der Waals surface area contributed by atoms with E-state index in [1.807, 2.05) is 27.1 Å². The molecular weight excluding hydrogens is 548 g/mol. The minimum Gasteiger partial charge on any atom is -0.493 e. The molecule has 3 rings (SSSR count). The van der Waals surface area contributed by atoms with E-state index in [-0.39, 0.29) is 23.2 Å². The molecule has 210 valence electrons. The Kier molecular flexibility index (Phi) is 11.8. The van der Waals surface area contributed by atoms with Crippen LogP contribution in [0.25, 0.3) is 10.2 Å². The van der Waals surface area contributed by atoms with E-state index in [9.17, 15) is 13.2 Å². The predicted molar refractivity (Wildman–Crippen MR) is 156 cm³/mol. The van der Waals surface area contributed by atoms with Gasteiger partial charge in [0.1, 0.15) is 0 Å². The van der Waals surface area contributed by atoms with Gasteiger partial charge in [0.25, 0.3) is 5.91 Å². The Morgan fingerprint density at radius 3 is 2.16 bits per heavy atom. The number of anilines is 1. The summed E-state index contributed by atoms with van der Waals surface area (Å²) in [7, 11) is 5.08. The molecular formula is C26H37ClN4O5S2. The zero-order chi connectivity index (χ0) is 27.2. The highest BCUT2D eigenvalue weighted by Crippen LogP contribution is 2.37. The molecule has 0 radical (unpaired) electrons. The van der Waals surface area contributed by atoms with Gasteiger partial charge in [-0.25, -0.2) is 17.7 Å². The number of methoxy groups -OCH3 is 2. The number of aromatic nitrogens is 1. The molecule has 1 amide bonds. The maximum Gasteiger partial charge on any atom is 0.260 e. The first kappa shape index (κ1) is 31.8. The van der Waals surface area contributed by atoms with Crippen LogP contribution in [0.1, 0.15) is 36.5 Å². The van der Waals surface area contributed by atoms with Crippen LogP contribution in [0.2, 0.25) is 0 Å². The number of sulfonamides is 1. The molecule has 1 heterocycles. The molecule has 0 fully saturated rings. The number of fused-ring (bicyclic) bond motifs is 1. The van der Waals surface area contributed by atoms with E-state index < -0.39 is 10.0 Å². The Morgan fingerprint density at radius 1 is 0.947 bits per heavy atom. The Balaban J connectivity index is 0.00000507. The number of thiazole rings is 1. The topological polar surface area (TPSA) is 92.3 Å². The number of benzene rings is 2. The minimum atomic E-state index is -3.61. The number of hydrogen-bond acceptors (Lipinski definition) is 8. The lowest BCUT2D eigenvalue weighted by Crippen LogP contribution is -2.33. The maximum atomic E-state index is 13.6. The van der Waals surface area contributed by atoms with Crippen LogP contribution in [0.4, 0.5) is 5.13 Å². The second-order valence-electron chi connectivity index (χ2n) is 8.99. The van der Waals surface area contributed by atoms with E-state index in [2.05, 4.69) is 4.90 Å². The van der Waals surface area contributed by atoms with E-state index in [0.717, 1.165) is 30.5 Å². The summed E-state index contributed by atoms with van der Waals surface area (Å²) in [6.45, 7) is 3.73. The monoisotopic (exact) mass is 584 g/mol. The van der Waals surface area contributed by atoms with Crippen molar-refractivity contribution >= 4 is 55.0 Å². The number of halogens is 1. The fourth-order valence-electron chi connectivity index (χ4n) is 3.79. The van der Waals surface area contributed by atoms with E-state index in [1.165, 1.54) is 27.8 Å². The summed E-state index contributed by atoms with van der Waals surface area (Å²) in [5.74, 6) is 0.925. The molecule has 0 atom stereocenters. The second-order valence-corrected chi connectivity index (χ2v) is 12.0. The molecule has 0 aliphatic carbocycles. The molecule has 0 N–H and O–H groups in total. The molecule has 0 aliphatic rings. The number of rotatable bonds is 13. The summed E-state index contributed by atoms with van der Waals surface area (Å²) < 4.78 is 38.8. The lowest BCUT2D eigenvalue weighted by molar-refractivity contribution is 0.0986. The molecule has 0 unspecified atom stereocenters. The highest BCUT2D eigenvalue weighted by atomic mass is 35.5. The van der Waals surface area contributed by atoms with Crippen molar-refractivity contribution in [3.63, 3.8) is 0 Å². The van der Waals surface area contributed by atoms with Gasteiger partial charge in [-0.1, -0.05) is 24.7 Å². The first-order valence-corrected chi connectivity index (χ1v) is 14.4. The number of amides is 1. The van der Waals surface area contributed by atoms with Crippen molar-refractivity contribution in [1.82, 2.24) is 14.2 Å². The molecule has 12 heteroatoms. The lowest BCUT2D eigenvalue weighted by atomic mass is 10.2. The van der Waals surface area contributed by atoms with Gasteiger partial charge in [-0.05, 0) is 57.7 Å². The van der Waals surface area contributed by atoms with Crippen LogP contribution in [0.5, 0.6) is 11.5 Å². The van der Waals surface area contributed by atoms with E-state index >= 15 is 0 Å². The van der Waals surface area contributed by atoms with Gasteiger partial charge in [0.05, 0.1) is 29.3 Å². The van der Waals surface area contributed by atoms with Gasteiger partial charge in [0, 0.05) is 37.8 Å². The summed E-state index contributed by atoms with van der Waals surface area (Å²) in [6.07, 6.45) is 2.44. The van der Waals surface area contributed by atoms with Crippen LogP contribution in [0.15, 0.2) is 41.3 Å². The van der Waals surface area contributed by atoms with Crippen molar-refractivity contribution in [3.8, 4) is 11.5 Å². The molecule has 1 aromatic heterocycles. The van der Waals surface area contributed by atoms with Crippen LogP contribution in [-0.4, -0.2) is 83.5 Å². The third kappa shape index (κ3) is 7.35. The highest BCUT2D eigenvalue weighted by Gasteiger charge is 2.24. The molecule has 2 aromatic carbocycles. The molecule has 9 nitrogen and oxygen atoms in total. The smallest absolute Gasteiger partial charge is 0.260 e. The average Bonchev–Trinajstić information content (AvgIpc) is 3.30. The summed E-state index contributed by atoms with van der Waals surface area (Å²) in [6, 6.07) is 9.79. The average molecular weight is 585 g/mol. The number of carbonyl (C=O) groups is 1. The molecule has 0 saturated heterocycles. The van der Waals surface area contributed by atoms with E-state index in [1.54, 1.807) is 44.4 Å². The van der Waals surface area contributed by atoms with Gasteiger partial charge in [-0.3, -0.25) is 9.69 Å². The van der Waals surface area contributed by atoms with E-state index in [4.69, 9.17) is 14.5 Å². The Hall–Kier alpha value is -2.44. The van der Waals surface area contributed by atoms with E-state index in [0.29, 0.717) is 40.8 Å². The number of hydrogen-bond donors (Lipinski definition) is 0. The molecule has 3 aromatic rings. The number of nitrogens with zero attached hydrogens (tertiary/aromatic N) is 4. The van der Waals surface area contributed by atoms with Gasteiger partial charge in [0.15, 0.2) is 16.6 Å². The fourth-order valence-corrected chi connectivity index (χ4v) is 6.00. The third-order valence-electron chi connectivity index (χ3n) is 5.98. The Labute approximate surface area is 235 Å². The van der Waals surface area contributed by atoms with Crippen molar-refractivity contribution in [1.29, 1.82) is 0 Å². The number of unbranched alkanes of at least 4 members (excludes halogenated alkanes) is 1. The summed E-state index contributed by atoms with van der Waals surface area (Å²) >= 11 is 1.40. The number of ether oxygens (including phenoxy) is 2. The SMILES string of the molecule is CCCCN(C)S(=O)(=O)c1ccc(C(=O)N(CCCN(C)C)c2nc3cc(OC)c(OC)cc3s2)cc1.Cl. The van der Waals surface area contributed by atoms with Gasteiger partial charge < -0.3 is 14.4 Å². The largest absolute Gasteiger partial charge is 0.493 e. The number of carbonyl (C=O) groups excluding carboxylic acids is 1. The van der Waals surface area contributed by atoms with Gasteiger partial charge in [-0.2, -0.15) is 0 Å². The third-order valence-corrected chi connectivity index (χ3v) is 8.89. The lowest BCUT2D eigenvalue weighted by Gasteiger charge is -2.21. The first-order valence-electron chi connectivity index (χ1n) is 12.2. The molecule has 0 spiro atoms. The fraction of sp³-hybridized carbons (Fsp3) is 0.462. The quantitative estimate of drug-likeness (QED) is 0.286. The van der Waals surface area contributed by atoms with Crippen molar-refractivity contribution in [2.45, 2.75) is 31.1 Å². The molecule has 0 bridgehead atoms. The van der Waals surface area contributed by atoms with Crippen LogP contribution in [-0.2, 0) is 10.0 Å².